The van der Waals surface area contributed by atoms with Crippen molar-refractivity contribution < 1.29 is 4.79 Å². The standard InChI is InChI=1S/C16H16ClNO/c17-13-3-1-2-12(8-13)14(9-18)16(19)15(10-4-5-10)11-6-7-11/h1-3,8,10-11,14-15H,4-7H2. The molecular formula is C16H16ClNO. The van der Waals surface area contributed by atoms with Gasteiger partial charge >= 0.3 is 0 Å². The van der Waals surface area contributed by atoms with E-state index in [1.165, 1.54) is 0 Å². The van der Waals surface area contributed by atoms with Gasteiger partial charge in [-0.25, -0.2) is 0 Å². The maximum absolute atomic E-state index is 12.7. The third kappa shape index (κ3) is 2.67. The van der Waals surface area contributed by atoms with Gasteiger partial charge in [0.1, 0.15) is 5.92 Å². The molecule has 19 heavy (non-hydrogen) atoms. The number of ketones is 1. The molecule has 1 aromatic carbocycles. The van der Waals surface area contributed by atoms with Gasteiger partial charge in [0.15, 0.2) is 5.78 Å². The summed E-state index contributed by atoms with van der Waals surface area (Å²) in [5, 5.41) is 9.96. The third-order valence-corrected chi connectivity index (χ3v) is 4.42. The first-order valence-electron chi connectivity index (χ1n) is 6.89. The fourth-order valence-electron chi connectivity index (χ4n) is 2.94. The van der Waals surface area contributed by atoms with Crippen LogP contribution in [0.3, 0.4) is 0 Å². The second kappa shape index (κ2) is 4.98. The fourth-order valence-corrected chi connectivity index (χ4v) is 3.14. The van der Waals surface area contributed by atoms with Gasteiger partial charge in [0.2, 0.25) is 0 Å². The molecule has 0 aromatic heterocycles. The topological polar surface area (TPSA) is 40.9 Å². The van der Waals surface area contributed by atoms with Crippen molar-refractivity contribution in [2.24, 2.45) is 17.8 Å². The van der Waals surface area contributed by atoms with Gasteiger partial charge in [0.05, 0.1) is 6.07 Å². The van der Waals surface area contributed by atoms with Crippen LogP contribution < -0.4 is 0 Å². The zero-order chi connectivity index (χ0) is 13.4. The molecule has 2 aliphatic carbocycles. The van der Waals surface area contributed by atoms with Gasteiger partial charge in [-0.05, 0) is 55.2 Å². The van der Waals surface area contributed by atoms with Crippen LogP contribution in [0.15, 0.2) is 24.3 Å². The Balaban J connectivity index is 1.85. The number of benzene rings is 1. The van der Waals surface area contributed by atoms with Crippen LogP contribution in [0.1, 0.15) is 37.2 Å². The SMILES string of the molecule is N#CC(C(=O)C(C1CC1)C1CC1)c1cccc(Cl)c1. The lowest BCUT2D eigenvalue weighted by Crippen LogP contribution is -2.24. The number of halogens is 1. The van der Waals surface area contributed by atoms with Gasteiger partial charge in [-0.15, -0.1) is 0 Å². The first-order valence-corrected chi connectivity index (χ1v) is 7.27. The Kier molecular flexibility index (Phi) is 3.33. The molecule has 3 heteroatoms. The molecule has 0 saturated heterocycles. The Morgan fingerprint density at radius 1 is 1.26 bits per heavy atom. The van der Waals surface area contributed by atoms with Gasteiger partial charge in [-0.1, -0.05) is 23.7 Å². The molecule has 1 atom stereocenters. The lowest BCUT2D eigenvalue weighted by Gasteiger charge is -2.18. The summed E-state index contributed by atoms with van der Waals surface area (Å²) in [6.45, 7) is 0. The molecule has 1 aromatic rings. The molecule has 0 heterocycles. The maximum atomic E-state index is 12.7. The molecule has 2 aliphatic rings. The van der Waals surface area contributed by atoms with Gasteiger partial charge in [-0.2, -0.15) is 5.26 Å². The van der Waals surface area contributed by atoms with E-state index in [-0.39, 0.29) is 11.7 Å². The monoisotopic (exact) mass is 273 g/mol. The van der Waals surface area contributed by atoms with E-state index in [0.717, 1.165) is 31.2 Å². The molecule has 0 spiro atoms. The molecule has 98 valence electrons. The van der Waals surface area contributed by atoms with Crippen LogP contribution in [-0.4, -0.2) is 5.78 Å². The minimum Gasteiger partial charge on any atom is -0.298 e. The van der Waals surface area contributed by atoms with Gasteiger partial charge in [-0.3, -0.25) is 4.79 Å². The lowest BCUT2D eigenvalue weighted by molar-refractivity contribution is -0.124. The van der Waals surface area contributed by atoms with Gasteiger partial charge in [0, 0.05) is 10.9 Å². The number of nitriles is 1. The first-order chi connectivity index (χ1) is 9.20. The summed E-state index contributed by atoms with van der Waals surface area (Å²) in [6, 6.07) is 9.32. The van der Waals surface area contributed by atoms with Gasteiger partial charge in [0.25, 0.3) is 0 Å². The largest absolute Gasteiger partial charge is 0.298 e. The number of hydrogen-bond acceptors (Lipinski definition) is 2. The van der Waals surface area contributed by atoms with E-state index < -0.39 is 5.92 Å². The normalized spacial score (nSPS) is 20.1. The van der Waals surface area contributed by atoms with Crippen LogP contribution in [0.4, 0.5) is 0 Å². The molecule has 1 unspecified atom stereocenters. The van der Waals surface area contributed by atoms with Crippen molar-refractivity contribution in [2.45, 2.75) is 31.6 Å². The molecule has 0 bridgehead atoms. The Morgan fingerprint density at radius 2 is 1.89 bits per heavy atom. The summed E-state index contributed by atoms with van der Waals surface area (Å²) in [5.41, 5.74) is 0.742. The minimum atomic E-state index is -0.648. The molecule has 2 fully saturated rings. The summed E-state index contributed by atoms with van der Waals surface area (Å²) < 4.78 is 0. The van der Waals surface area contributed by atoms with Gasteiger partial charge < -0.3 is 0 Å². The highest BCUT2D eigenvalue weighted by Gasteiger charge is 2.47. The average Bonchev–Trinajstić information content (AvgIpc) is 3.25. The Morgan fingerprint density at radius 3 is 2.37 bits per heavy atom. The summed E-state index contributed by atoms with van der Waals surface area (Å²) in [4.78, 5) is 12.7. The van der Waals surface area contributed by atoms with E-state index in [0.29, 0.717) is 16.9 Å². The van der Waals surface area contributed by atoms with Crippen LogP contribution in [0.5, 0.6) is 0 Å². The number of carbonyl (C=O) groups is 1. The van der Waals surface area contributed by atoms with E-state index in [9.17, 15) is 10.1 Å². The van der Waals surface area contributed by atoms with E-state index >= 15 is 0 Å². The molecule has 0 aliphatic heterocycles. The number of nitrogens with zero attached hydrogens (tertiary/aromatic N) is 1. The summed E-state index contributed by atoms with van der Waals surface area (Å²) >= 11 is 5.96. The van der Waals surface area contributed by atoms with E-state index in [2.05, 4.69) is 6.07 Å². The van der Waals surface area contributed by atoms with Crippen molar-refractivity contribution in [3.8, 4) is 6.07 Å². The highest BCUT2D eigenvalue weighted by atomic mass is 35.5. The maximum Gasteiger partial charge on any atom is 0.158 e. The van der Waals surface area contributed by atoms with Crippen molar-refractivity contribution in [1.29, 1.82) is 5.26 Å². The van der Waals surface area contributed by atoms with Crippen molar-refractivity contribution in [3.63, 3.8) is 0 Å². The van der Waals surface area contributed by atoms with Crippen LogP contribution >= 0.6 is 11.6 Å². The molecule has 2 nitrogen and oxygen atoms in total. The fraction of sp³-hybridized carbons (Fsp3) is 0.500. The molecule has 0 radical (unpaired) electrons. The van der Waals surface area contributed by atoms with Crippen molar-refractivity contribution in [3.05, 3.63) is 34.9 Å². The number of Topliss-reactive ketones (excluding diaryl/α,β-unsaturated/α-hetero) is 1. The van der Waals surface area contributed by atoms with Crippen LogP contribution in [0, 0.1) is 29.1 Å². The Labute approximate surface area is 118 Å². The second-order valence-corrected chi connectivity index (χ2v) is 6.16. The second-order valence-electron chi connectivity index (χ2n) is 5.72. The quantitative estimate of drug-likeness (QED) is 0.815. The van der Waals surface area contributed by atoms with Crippen molar-refractivity contribution >= 4 is 17.4 Å². The van der Waals surface area contributed by atoms with Crippen LogP contribution in [0.25, 0.3) is 0 Å². The predicted octanol–water partition coefficient (Wildman–Crippen LogP) is 3.95. The molecule has 0 amide bonds. The number of carbonyl (C=O) groups excluding carboxylic acids is 1. The Bertz CT molecular complexity index is 528. The lowest BCUT2D eigenvalue weighted by atomic mass is 9.83. The van der Waals surface area contributed by atoms with E-state index in [4.69, 9.17) is 11.6 Å². The zero-order valence-corrected chi connectivity index (χ0v) is 11.4. The molecule has 0 N–H and O–H groups in total. The van der Waals surface area contributed by atoms with E-state index in [1.54, 1.807) is 18.2 Å². The summed E-state index contributed by atoms with van der Waals surface area (Å²) in [5.74, 6) is 0.661. The smallest absolute Gasteiger partial charge is 0.158 e. The summed E-state index contributed by atoms with van der Waals surface area (Å²) in [7, 11) is 0. The van der Waals surface area contributed by atoms with Crippen LogP contribution in [-0.2, 0) is 4.79 Å². The molecular weight excluding hydrogens is 258 g/mol. The number of hydrogen-bond donors (Lipinski definition) is 0. The highest BCUT2D eigenvalue weighted by molar-refractivity contribution is 6.30. The minimum absolute atomic E-state index is 0.114. The number of rotatable bonds is 5. The van der Waals surface area contributed by atoms with Crippen molar-refractivity contribution in [1.82, 2.24) is 0 Å². The third-order valence-electron chi connectivity index (χ3n) is 4.18. The first kappa shape index (κ1) is 12.7. The summed E-state index contributed by atoms with van der Waals surface area (Å²) in [6.07, 6.45) is 4.61. The molecule has 3 rings (SSSR count). The highest BCUT2D eigenvalue weighted by Crippen LogP contribution is 2.51. The van der Waals surface area contributed by atoms with Crippen molar-refractivity contribution in [2.75, 3.05) is 0 Å². The molecule has 2 saturated carbocycles. The Hall–Kier alpha value is -1.33. The zero-order valence-electron chi connectivity index (χ0n) is 10.7. The van der Waals surface area contributed by atoms with E-state index in [1.807, 2.05) is 6.07 Å². The predicted molar refractivity (Wildman–Crippen MR) is 73.8 cm³/mol. The van der Waals surface area contributed by atoms with Crippen LogP contribution in [0.2, 0.25) is 5.02 Å². The average molecular weight is 274 g/mol.